The first-order chi connectivity index (χ1) is 8.09. The Balaban J connectivity index is 2.44. The van der Waals surface area contributed by atoms with Gasteiger partial charge >= 0.3 is 0 Å². The van der Waals surface area contributed by atoms with Crippen molar-refractivity contribution in [2.45, 2.75) is 6.92 Å². The highest BCUT2D eigenvalue weighted by Crippen LogP contribution is 2.20. The van der Waals surface area contributed by atoms with Gasteiger partial charge in [-0.3, -0.25) is 4.79 Å². The number of halogens is 2. The van der Waals surface area contributed by atoms with E-state index in [0.29, 0.717) is 16.7 Å². The van der Waals surface area contributed by atoms with Crippen LogP contribution < -0.4 is 0 Å². The van der Waals surface area contributed by atoms with Gasteiger partial charge in [-0.2, -0.15) is 0 Å². The van der Waals surface area contributed by atoms with Crippen LogP contribution in [0, 0.1) is 12.7 Å². The molecule has 2 aromatic rings. The Morgan fingerprint density at radius 1 is 1.18 bits per heavy atom. The molecule has 0 aromatic heterocycles. The van der Waals surface area contributed by atoms with E-state index < -0.39 is 0 Å². The van der Waals surface area contributed by atoms with Crippen molar-refractivity contribution in [3.63, 3.8) is 0 Å². The van der Waals surface area contributed by atoms with E-state index >= 15 is 0 Å². The maximum absolute atomic E-state index is 13.1. The fourth-order valence-electron chi connectivity index (χ4n) is 1.59. The van der Waals surface area contributed by atoms with Crippen LogP contribution >= 0.6 is 15.9 Å². The van der Waals surface area contributed by atoms with Crippen molar-refractivity contribution in [1.29, 1.82) is 0 Å². The number of hydrogen-bond donors (Lipinski definition) is 0. The van der Waals surface area contributed by atoms with Gasteiger partial charge in [0.05, 0.1) is 0 Å². The summed E-state index contributed by atoms with van der Waals surface area (Å²) in [7, 11) is 0. The van der Waals surface area contributed by atoms with Crippen LogP contribution in [0.25, 0.3) is 0 Å². The Hall–Kier alpha value is -1.48. The smallest absolute Gasteiger partial charge is 0.194 e. The number of carbonyl (C=O) groups excluding carboxylic acids is 1. The van der Waals surface area contributed by atoms with Crippen molar-refractivity contribution in [3.05, 3.63) is 69.4 Å². The van der Waals surface area contributed by atoms with Gasteiger partial charge in [0.1, 0.15) is 5.82 Å². The number of ketones is 1. The van der Waals surface area contributed by atoms with Gasteiger partial charge in [-0.15, -0.1) is 0 Å². The second-order valence-electron chi connectivity index (χ2n) is 3.77. The lowest BCUT2D eigenvalue weighted by Crippen LogP contribution is -2.03. The van der Waals surface area contributed by atoms with Crippen LogP contribution in [-0.2, 0) is 0 Å². The Morgan fingerprint density at radius 3 is 2.53 bits per heavy atom. The molecule has 0 aliphatic heterocycles. The number of rotatable bonds is 2. The van der Waals surface area contributed by atoms with Crippen molar-refractivity contribution in [1.82, 2.24) is 0 Å². The molecule has 17 heavy (non-hydrogen) atoms. The molecule has 0 radical (unpaired) electrons. The molecule has 2 aromatic carbocycles. The lowest BCUT2D eigenvalue weighted by atomic mass is 10.0. The minimum atomic E-state index is -0.298. The average molecular weight is 293 g/mol. The zero-order chi connectivity index (χ0) is 12.4. The minimum Gasteiger partial charge on any atom is -0.289 e. The molecule has 0 fully saturated rings. The molecule has 0 aliphatic rings. The predicted octanol–water partition coefficient (Wildman–Crippen LogP) is 4.13. The van der Waals surface area contributed by atoms with Crippen LogP contribution in [0.2, 0.25) is 0 Å². The highest BCUT2D eigenvalue weighted by atomic mass is 79.9. The maximum atomic E-state index is 13.1. The maximum Gasteiger partial charge on any atom is 0.194 e. The number of aryl methyl sites for hydroxylation is 1. The highest BCUT2D eigenvalue weighted by Gasteiger charge is 2.12. The molecular weight excluding hydrogens is 283 g/mol. The molecule has 86 valence electrons. The van der Waals surface area contributed by atoms with Gasteiger partial charge < -0.3 is 0 Å². The standard InChI is InChI=1S/C14H10BrFO/c1-9-8-10(6-7-13(9)16)14(17)11-4-2-3-5-12(11)15/h2-8H,1H3. The number of hydrogen-bond acceptors (Lipinski definition) is 1. The van der Waals surface area contributed by atoms with Gasteiger partial charge in [-0.25, -0.2) is 4.39 Å². The number of carbonyl (C=O) groups is 1. The largest absolute Gasteiger partial charge is 0.289 e. The van der Waals surface area contributed by atoms with Crippen LogP contribution in [0.1, 0.15) is 21.5 Å². The number of benzene rings is 2. The van der Waals surface area contributed by atoms with Crippen LogP contribution in [-0.4, -0.2) is 5.78 Å². The van der Waals surface area contributed by atoms with Crippen molar-refractivity contribution in [2.24, 2.45) is 0 Å². The summed E-state index contributed by atoms with van der Waals surface area (Å²) in [6.07, 6.45) is 0. The van der Waals surface area contributed by atoms with E-state index in [1.807, 2.05) is 12.1 Å². The molecule has 0 saturated carbocycles. The lowest BCUT2D eigenvalue weighted by Gasteiger charge is -2.05. The van der Waals surface area contributed by atoms with Crippen LogP contribution in [0.5, 0.6) is 0 Å². The topological polar surface area (TPSA) is 17.1 Å². The van der Waals surface area contributed by atoms with Gasteiger partial charge in [0, 0.05) is 15.6 Å². The quantitative estimate of drug-likeness (QED) is 0.761. The summed E-state index contributed by atoms with van der Waals surface area (Å²) in [5.74, 6) is -0.408. The summed E-state index contributed by atoms with van der Waals surface area (Å²) in [6.45, 7) is 1.64. The van der Waals surface area contributed by atoms with Gasteiger partial charge in [0.25, 0.3) is 0 Å². The van der Waals surface area contributed by atoms with Crippen molar-refractivity contribution < 1.29 is 9.18 Å². The predicted molar refractivity (Wildman–Crippen MR) is 68.7 cm³/mol. The highest BCUT2D eigenvalue weighted by molar-refractivity contribution is 9.10. The SMILES string of the molecule is Cc1cc(C(=O)c2ccccc2Br)ccc1F. The fraction of sp³-hybridized carbons (Fsp3) is 0.0714. The van der Waals surface area contributed by atoms with Gasteiger partial charge in [0.2, 0.25) is 0 Å². The molecule has 0 unspecified atom stereocenters. The summed E-state index contributed by atoms with van der Waals surface area (Å²) in [5.41, 5.74) is 1.55. The van der Waals surface area contributed by atoms with E-state index in [1.54, 1.807) is 25.1 Å². The Kier molecular flexibility index (Phi) is 3.38. The minimum absolute atomic E-state index is 0.111. The van der Waals surface area contributed by atoms with E-state index in [0.717, 1.165) is 4.47 Å². The Labute approximate surface area is 107 Å². The van der Waals surface area contributed by atoms with Gasteiger partial charge in [-0.1, -0.05) is 28.1 Å². The monoisotopic (exact) mass is 292 g/mol. The molecule has 0 amide bonds. The van der Waals surface area contributed by atoms with Gasteiger partial charge in [0.15, 0.2) is 5.78 Å². The fourth-order valence-corrected chi connectivity index (χ4v) is 2.05. The summed E-state index contributed by atoms with van der Waals surface area (Å²) in [6, 6.07) is 11.6. The molecule has 0 heterocycles. The van der Waals surface area contributed by atoms with E-state index in [4.69, 9.17) is 0 Å². The van der Waals surface area contributed by atoms with E-state index in [2.05, 4.69) is 15.9 Å². The van der Waals surface area contributed by atoms with Gasteiger partial charge in [-0.05, 0) is 42.8 Å². The first-order valence-electron chi connectivity index (χ1n) is 5.15. The van der Waals surface area contributed by atoms with E-state index in [9.17, 15) is 9.18 Å². The molecule has 3 heteroatoms. The molecule has 0 atom stereocenters. The Morgan fingerprint density at radius 2 is 1.88 bits per heavy atom. The molecule has 0 spiro atoms. The molecule has 0 bridgehead atoms. The van der Waals surface area contributed by atoms with E-state index in [-0.39, 0.29) is 11.6 Å². The van der Waals surface area contributed by atoms with Crippen LogP contribution in [0.15, 0.2) is 46.9 Å². The van der Waals surface area contributed by atoms with E-state index in [1.165, 1.54) is 12.1 Å². The van der Waals surface area contributed by atoms with Crippen LogP contribution in [0.4, 0.5) is 4.39 Å². The first-order valence-corrected chi connectivity index (χ1v) is 5.94. The molecule has 0 saturated heterocycles. The second kappa shape index (κ2) is 4.80. The summed E-state index contributed by atoms with van der Waals surface area (Å²) in [4.78, 5) is 12.2. The molecular formula is C14H10BrFO. The first kappa shape index (κ1) is 12.0. The summed E-state index contributed by atoms with van der Waals surface area (Å²) < 4.78 is 13.9. The zero-order valence-electron chi connectivity index (χ0n) is 9.21. The molecule has 2 rings (SSSR count). The third kappa shape index (κ3) is 2.44. The summed E-state index contributed by atoms with van der Waals surface area (Å²) >= 11 is 3.33. The lowest BCUT2D eigenvalue weighted by molar-refractivity contribution is 0.103. The van der Waals surface area contributed by atoms with Crippen molar-refractivity contribution >= 4 is 21.7 Å². The normalized spacial score (nSPS) is 10.3. The molecule has 0 aliphatic carbocycles. The second-order valence-corrected chi connectivity index (χ2v) is 4.63. The third-order valence-electron chi connectivity index (χ3n) is 2.54. The third-order valence-corrected chi connectivity index (χ3v) is 3.23. The molecule has 1 nitrogen and oxygen atoms in total. The van der Waals surface area contributed by atoms with Crippen molar-refractivity contribution in [3.8, 4) is 0 Å². The van der Waals surface area contributed by atoms with Crippen molar-refractivity contribution in [2.75, 3.05) is 0 Å². The zero-order valence-corrected chi connectivity index (χ0v) is 10.8. The Bertz CT molecular complexity index is 578. The summed E-state index contributed by atoms with van der Waals surface area (Å²) in [5, 5.41) is 0. The average Bonchev–Trinajstić information content (AvgIpc) is 2.32. The molecule has 0 N–H and O–H groups in total. The van der Waals surface area contributed by atoms with Crippen LogP contribution in [0.3, 0.4) is 0 Å².